The first kappa shape index (κ1) is 8.12. The summed E-state index contributed by atoms with van der Waals surface area (Å²) in [6, 6.07) is 0. The molecule has 0 saturated heterocycles. The zero-order chi connectivity index (χ0) is 9.26. The van der Waals surface area contributed by atoms with Crippen molar-refractivity contribution in [1.29, 1.82) is 0 Å². The van der Waals surface area contributed by atoms with Gasteiger partial charge in [0.2, 0.25) is 0 Å². The molecule has 0 aliphatic carbocycles. The third kappa shape index (κ3) is 1.65. The molecule has 2 aromatic heterocycles. The van der Waals surface area contributed by atoms with Crippen molar-refractivity contribution in [2.24, 2.45) is 0 Å². The molecular weight excluding hydrogens is 188 g/mol. The lowest BCUT2D eigenvalue weighted by atomic mass is 10.3. The van der Waals surface area contributed by atoms with E-state index in [1.54, 1.807) is 6.20 Å². The number of carbonyl (C=O) groups is 1. The topological polar surface area (TPSA) is 63.1 Å². The zero-order valence-electron chi connectivity index (χ0n) is 6.60. The molecule has 4 nitrogen and oxygen atoms in total. The maximum atomic E-state index is 10.4. The van der Waals surface area contributed by atoms with Crippen molar-refractivity contribution >= 4 is 28.2 Å². The van der Waals surface area contributed by atoms with Gasteiger partial charge in [0.25, 0.3) is 0 Å². The van der Waals surface area contributed by atoms with Crippen molar-refractivity contribution in [2.45, 2.75) is 6.42 Å². The van der Waals surface area contributed by atoms with Gasteiger partial charge in [-0.2, -0.15) is 0 Å². The highest BCUT2D eigenvalue weighted by Gasteiger charge is 2.04. The van der Waals surface area contributed by atoms with Gasteiger partial charge in [-0.05, 0) is 0 Å². The molecule has 0 bridgehead atoms. The largest absolute Gasteiger partial charge is 0.481 e. The van der Waals surface area contributed by atoms with Crippen molar-refractivity contribution in [2.75, 3.05) is 0 Å². The third-order valence-electron chi connectivity index (χ3n) is 1.58. The van der Waals surface area contributed by atoms with E-state index in [0.29, 0.717) is 5.82 Å². The molecule has 2 rings (SSSR count). The van der Waals surface area contributed by atoms with Crippen LogP contribution in [-0.2, 0) is 11.2 Å². The number of hydrogen-bond acceptors (Lipinski definition) is 4. The molecule has 0 spiro atoms. The maximum Gasteiger partial charge on any atom is 0.311 e. The molecule has 66 valence electrons. The Morgan fingerprint density at radius 1 is 1.54 bits per heavy atom. The molecule has 2 aromatic rings. The van der Waals surface area contributed by atoms with Gasteiger partial charge in [-0.1, -0.05) is 0 Å². The van der Waals surface area contributed by atoms with Crippen molar-refractivity contribution in [3.05, 3.63) is 22.8 Å². The van der Waals surface area contributed by atoms with Crippen LogP contribution < -0.4 is 0 Å². The van der Waals surface area contributed by atoms with Crippen LogP contribution in [0.25, 0.3) is 10.9 Å². The van der Waals surface area contributed by atoms with E-state index in [2.05, 4.69) is 9.97 Å². The summed E-state index contributed by atoms with van der Waals surface area (Å²) in [4.78, 5) is 18.4. The first-order valence-electron chi connectivity index (χ1n) is 3.65. The number of fused-ring (bicyclic) bond motifs is 1. The van der Waals surface area contributed by atoms with Crippen LogP contribution in [0.15, 0.2) is 17.0 Å². The lowest BCUT2D eigenvalue weighted by Gasteiger charge is -1.94. The number of carboxylic acid groups (broad SMARTS) is 1. The number of aliphatic carboxylic acids is 1. The number of aromatic nitrogens is 2. The highest BCUT2D eigenvalue weighted by Crippen LogP contribution is 2.15. The Morgan fingerprint density at radius 2 is 2.38 bits per heavy atom. The summed E-state index contributed by atoms with van der Waals surface area (Å²) >= 11 is 1.53. The molecule has 0 radical (unpaired) electrons. The molecule has 0 amide bonds. The van der Waals surface area contributed by atoms with Crippen LogP contribution in [0.2, 0.25) is 0 Å². The number of thiophene rings is 1. The number of hydrogen-bond donors (Lipinski definition) is 1. The fourth-order valence-corrected chi connectivity index (χ4v) is 1.73. The number of carboxylic acids is 1. The molecule has 0 aromatic carbocycles. The van der Waals surface area contributed by atoms with Crippen LogP contribution in [0.1, 0.15) is 5.82 Å². The molecule has 0 aliphatic rings. The Hall–Kier alpha value is -1.49. The maximum absolute atomic E-state index is 10.4. The predicted octanol–water partition coefficient (Wildman–Crippen LogP) is 1.32. The van der Waals surface area contributed by atoms with Crippen molar-refractivity contribution in [3.8, 4) is 0 Å². The van der Waals surface area contributed by atoms with Gasteiger partial charge in [0.15, 0.2) is 0 Å². The van der Waals surface area contributed by atoms with E-state index in [0.717, 1.165) is 10.9 Å². The van der Waals surface area contributed by atoms with E-state index in [1.165, 1.54) is 11.3 Å². The molecule has 0 atom stereocenters. The van der Waals surface area contributed by atoms with Crippen LogP contribution in [-0.4, -0.2) is 21.0 Å². The van der Waals surface area contributed by atoms with E-state index < -0.39 is 5.97 Å². The van der Waals surface area contributed by atoms with Crippen LogP contribution in [0.4, 0.5) is 0 Å². The second-order valence-electron chi connectivity index (χ2n) is 2.57. The summed E-state index contributed by atoms with van der Waals surface area (Å²) in [5, 5.41) is 13.3. The summed E-state index contributed by atoms with van der Waals surface area (Å²) in [5.41, 5.74) is 0.816. The Balaban J connectivity index is 2.42. The molecule has 0 unspecified atom stereocenters. The lowest BCUT2D eigenvalue weighted by Crippen LogP contribution is -2.04. The summed E-state index contributed by atoms with van der Waals surface area (Å²) < 4.78 is 0. The smallest absolute Gasteiger partial charge is 0.311 e. The van der Waals surface area contributed by atoms with Crippen LogP contribution in [0.5, 0.6) is 0 Å². The molecule has 0 aliphatic heterocycles. The zero-order valence-corrected chi connectivity index (χ0v) is 7.41. The SMILES string of the molecule is O=C(O)Cc1ncc2cscc2n1. The minimum atomic E-state index is -0.908. The summed E-state index contributed by atoms with van der Waals surface area (Å²) in [6.07, 6.45) is 1.53. The Morgan fingerprint density at radius 3 is 3.15 bits per heavy atom. The second-order valence-corrected chi connectivity index (χ2v) is 3.31. The second kappa shape index (κ2) is 3.10. The van der Waals surface area contributed by atoms with Gasteiger partial charge in [-0.3, -0.25) is 4.79 Å². The first-order valence-corrected chi connectivity index (χ1v) is 4.59. The number of rotatable bonds is 2. The van der Waals surface area contributed by atoms with Gasteiger partial charge in [0.1, 0.15) is 12.2 Å². The Kier molecular flexibility index (Phi) is 1.94. The fourth-order valence-electron chi connectivity index (χ4n) is 1.02. The Bertz CT molecular complexity index is 452. The van der Waals surface area contributed by atoms with E-state index in [1.807, 2.05) is 10.8 Å². The van der Waals surface area contributed by atoms with E-state index in [-0.39, 0.29) is 6.42 Å². The van der Waals surface area contributed by atoms with Gasteiger partial charge in [-0.15, -0.1) is 11.3 Å². The van der Waals surface area contributed by atoms with Crippen molar-refractivity contribution < 1.29 is 9.90 Å². The molecule has 1 N–H and O–H groups in total. The lowest BCUT2D eigenvalue weighted by molar-refractivity contribution is -0.136. The van der Waals surface area contributed by atoms with Gasteiger partial charge in [-0.25, -0.2) is 9.97 Å². The third-order valence-corrected chi connectivity index (χ3v) is 2.33. The van der Waals surface area contributed by atoms with Gasteiger partial charge < -0.3 is 5.11 Å². The van der Waals surface area contributed by atoms with Gasteiger partial charge in [0.05, 0.1) is 5.52 Å². The van der Waals surface area contributed by atoms with Crippen LogP contribution >= 0.6 is 11.3 Å². The van der Waals surface area contributed by atoms with Gasteiger partial charge in [0, 0.05) is 22.3 Å². The van der Waals surface area contributed by atoms with Crippen LogP contribution in [0, 0.1) is 0 Å². The fraction of sp³-hybridized carbons (Fsp3) is 0.125. The molecule has 0 saturated carbocycles. The first-order chi connectivity index (χ1) is 6.25. The molecular formula is C8H6N2O2S. The van der Waals surface area contributed by atoms with Crippen molar-refractivity contribution in [3.63, 3.8) is 0 Å². The number of nitrogens with zero attached hydrogens (tertiary/aromatic N) is 2. The quantitative estimate of drug-likeness (QED) is 0.783. The summed E-state index contributed by atoms with van der Waals surface area (Å²) in [5.74, 6) is -0.548. The highest BCUT2D eigenvalue weighted by atomic mass is 32.1. The minimum Gasteiger partial charge on any atom is -0.481 e. The predicted molar refractivity (Wildman–Crippen MR) is 48.8 cm³/mol. The average molecular weight is 194 g/mol. The van der Waals surface area contributed by atoms with E-state index in [9.17, 15) is 4.79 Å². The molecule has 5 heteroatoms. The Labute approximate surface area is 77.9 Å². The van der Waals surface area contributed by atoms with E-state index in [4.69, 9.17) is 5.11 Å². The normalized spacial score (nSPS) is 10.5. The summed E-state index contributed by atoms with van der Waals surface area (Å²) in [6.45, 7) is 0. The monoisotopic (exact) mass is 194 g/mol. The van der Waals surface area contributed by atoms with E-state index >= 15 is 0 Å². The van der Waals surface area contributed by atoms with Gasteiger partial charge >= 0.3 is 5.97 Å². The molecule has 13 heavy (non-hydrogen) atoms. The molecule has 0 fully saturated rings. The summed E-state index contributed by atoms with van der Waals surface area (Å²) in [7, 11) is 0. The van der Waals surface area contributed by atoms with Crippen LogP contribution in [0.3, 0.4) is 0 Å². The molecule has 2 heterocycles. The highest BCUT2D eigenvalue weighted by molar-refractivity contribution is 7.09. The van der Waals surface area contributed by atoms with Crippen molar-refractivity contribution in [1.82, 2.24) is 9.97 Å². The standard InChI is InChI=1S/C8H6N2O2S/c11-8(12)1-7-9-2-5-3-13-4-6(5)10-7/h2-4H,1H2,(H,11,12). The minimum absolute atomic E-state index is 0.119. The average Bonchev–Trinajstić information content (AvgIpc) is 2.49.